The van der Waals surface area contributed by atoms with Crippen LogP contribution in [0.2, 0.25) is 0 Å². The number of benzene rings is 10. The highest BCUT2D eigenvalue weighted by Gasteiger charge is 2.25. The first-order chi connectivity index (χ1) is 32.7. The van der Waals surface area contributed by atoms with E-state index in [1.54, 1.807) is 11.3 Å². The van der Waals surface area contributed by atoms with E-state index in [9.17, 15) is 0 Å². The van der Waals surface area contributed by atoms with Gasteiger partial charge in [-0.2, -0.15) is 9.97 Å². The molecule has 0 N–H and O–H groups in total. The molecule has 0 aliphatic carbocycles. The number of thiophene rings is 1. The predicted octanol–water partition coefficient (Wildman–Crippen LogP) is 16.0. The maximum Gasteiger partial charge on any atom is 0.238 e. The normalized spacial score (nSPS) is 12.2. The van der Waals surface area contributed by atoms with Crippen LogP contribution in [0.5, 0.6) is 0 Å². The van der Waals surface area contributed by atoms with Crippen LogP contribution < -0.4 is 0 Å². The summed E-state index contributed by atoms with van der Waals surface area (Å²) in [5.74, 6) is 1.66. The molecule has 0 saturated heterocycles. The molecule has 7 heteroatoms. The summed E-state index contributed by atoms with van der Waals surface area (Å²) >= 11 is 1.80. The first kappa shape index (κ1) is 35.8. The fourth-order valence-corrected chi connectivity index (χ4v) is 11.7. The third-order valence-electron chi connectivity index (χ3n) is 13.5. The highest BCUT2D eigenvalue weighted by Crippen LogP contribution is 2.45. The lowest BCUT2D eigenvalue weighted by atomic mass is 10.0. The molecular formula is C59H33N5OS. The second-order valence-corrected chi connectivity index (χ2v) is 18.2. The van der Waals surface area contributed by atoms with Gasteiger partial charge in [0, 0.05) is 52.7 Å². The standard InChI is InChI=1S/C59H33N5OS/c1-2-15-36-33-50-45(31-35(36)14-1)54-38-16-4-3-13-34(38)25-28-48(54)63(50)49-29-27-43(56-55(49)42-20-7-11-23-51(42)65-56)58-60-57(37-26-30-53-44(32-37)41-19-8-12-24-52(41)66-53)61-59(62-58)64-46-21-9-5-17-39(46)40-18-6-10-22-47(40)64/h1-33H. The van der Waals surface area contributed by atoms with E-state index < -0.39 is 0 Å². The third-order valence-corrected chi connectivity index (χ3v) is 14.7. The Hall–Kier alpha value is -8.65. The monoisotopic (exact) mass is 859 g/mol. The van der Waals surface area contributed by atoms with Crippen molar-refractivity contribution in [2.45, 2.75) is 0 Å². The van der Waals surface area contributed by atoms with Crippen LogP contribution in [0.3, 0.4) is 0 Å². The minimum atomic E-state index is 0.530. The van der Waals surface area contributed by atoms with Crippen molar-refractivity contribution in [2.75, 3.05) is 0 Å². The second kappa shape index (κ2) is 13.4. The molecule has 0 aliphatic heterocycles. The van der Waals surface area contributed by atoms with Crippen molar-refractivity contribution < 1.29 is 4.42 Å². The molecule has 0 saturated carbocycles. The van der Waals surface area contributed by atoms with Crippen LogP contribution in [-0.2, 0) is 0 Å². The Morgan fingerprint density at radius 2 is 1.03 bits per heavy atom. The van der Waals surface area contributed by atoms with Gasteiger partial charge < -0.3 is 8.98 Å². The average Bonchev–Trinajstić information content (AvgIpc) is 4.13. The lowest BCUT2D eigenvalue weighted by molar-refractivity contribution is 0.669. The minimum Gasteiger partial charge on any atom is -0.455 e. The van der Waals surface area contributed by atoms with Gasteiger partial charge in [-0.15, -0.1) is 11.3 Å². The zero-order valence-electron chi connectivity index (χ0n) is 35.1. The molecule has 10 aromatic carbocycles. The molecule has 0 amide bonds. The molecule has 5 aromatic heterocycles. The maximum absolute atomic E-state index is 7.03. The number of furan rings is 1. The summed E-state index contributed by atoms with van der Waals surface area (Å²) in [5, 5.41) is 14.0. The number of fused-ring (bicyclic) bond motifs is 15. The molecule has 15 aromatic rings. The van der Waals surface area contributed by atoms with Gasteiger partial charge in [-0.25, -0.2) is 4.98 Å². The number of hydrogen-bond donors (Lipinski definition) is 0. The Kier molecular flexibility index (Phi) is 7.28. The Morgan fingerprint density at radius 3 is 1.85 bits per heavy atom. The number of hydrogen-bond acceptors (Lipinski definition) is 5. The van der Waals surface area contributed by atoms with Gasteiger partial charge in [0.2, 0.25) is 5.95 Å². The highest BCUT2D eigenvalue weighted by atomic mass is 32.1. The molecule has 6 nitrogen and oxygen atoms in total. The molecule has 0 atom stereocenters. The van der Waals surface area contributed by atoms with Crippen molar-refractivity contribution >= 4 is 119 Å². The number of nitrogens with zero attached hydrogens (tertiary/aromatic N) is 5. The number of para-hydroxylation sites is 3. The first-order valence-electron chi connectivity index (χ1n) is 22.2. The Labute approximate surface area is 379 Å². The topological polar surface area (TPSA) is 61.7 Å². The molecule has 66 heavy (non-hydrogen) atoms. The van der Waals surface area contributed by atoms with Crippen LogP contribution in [0, 0.1) is 0 Å². The van der Waals surface area contributed by atoms with Crippen molar-refractivity contribution in [1.82, 2.24) is 24.1 Å². The van der Waals surface area contributed by atoms with Gasteiger partial charge in [-0.05, 0) is 94.3 Å². The van der Waals surface area contributed by atoms with Crippen LogP contribution in [0.4, 0.5) is 0 Å². The van der Waals surface area contributed by atoms with E-state index in [0.717, 1.165) is 71.6 Å². The number of rotatable bonds is 4. The minimum absolute atomic E-state index is 0.530. The fraction of sp³-hybridized carbons (Fsp3) is 0. The van der Waals surface area contributed by atoms with E-state index in [1.807, 2.05) is 6.07 Å². The first-order valence-corrected chi connectivity index (χ1v) is 23.0. The van der Waals surface area contributed by atoms with Gasteiger partial charge in [0.15, 0.2) is 11.6 Å². The van der Waals surface area contributed by atoms with Gasteiger partial charge in [0.1, 0.15) is 11.2 Å². The molecule has 0 unspecified atom stereocenters. The molecule has 0 fully saturated rings. The molecule has 0 radical (unpaired) electrons. The van der Waals surface area contributed by atoms with Crippen molar-refractivity contribution in [3.63, 3.8) is 0 Å². The molecule has 0 aliphatic rings. The summed E-state index contributed by atoms with van der Waals surface area (Å²) in [6.07, 6.45) is 0. The van der Waals surface area contributed by atoms with E-state index in [4.69, 9.17) is 19.4 Å². The Balaban J connectivity index is 1.04. The Morgan fingerprint density at radius 1 is 0.379 bits per heavy atom. The summed E-state index contributed by atoms with van der Waals surface area (Å²) in [6, 6.07) is 71.4. The Bertz CT molecular complexity index is 4500. The molecule has 5 heterocycles. The SMILES string of the molecule is c1ccc2cc3c(cc2c1)c1c2ccccc2ccc1n3-c1ccc(-c2nc(-c3ccc4sc5ccccc5c4c3)nc(-n3c4ccccc4c4ccccc43)n2)c2oc3ccccc3c12. The zero-order chi connectivity index (χ0) is 43.0. The van der Waals surface area contributed by atoms with Crippen molar-refractivity contribution in [3.8, 4) is 34.4 Å². The molecule has 0 bridgehead atoms. The molecular weight excluding hydrogens is 827 g/mol. The summed E-state index contributed by atoms with van der Waals surface area (Å²) in [6.45, 7) is 0. The lowest BCUT2D eigenvalue weighted by Gasteiger charge is -2.14. The van der Waals surface area contributed by atoms with Crippen LogP contribution >= 0.6 is 11.3 Å². The fourth-order valence-electron chi connectivity index (χ4n) is 10.6. The van der Waals surface area contributed by atoms with Gasteiger partial charge in [0.05, 0.1) is 38.7 Å². The van der Waals surface area contributed by atoms with Crippen LogP contribution in [0.1, 0.15) is 0 Å². The van der Waals surface area contributed by atoms with Crippen LogP contribution in [-0.4, -0.2) is 24.1 Å². The summed E-state index contributed by atoms with van der Waals surface area (Å²) < 4.78 is 14.1. The van der Waals surface area contributed by atoms with E-state index >= 15 is 0 Å². The van der Waals surface area contributed by atoms with Crippen molar-refractivity contribution in [2.24, 2.45) is 0 Å². The quantitative estimate of drug-likeness (QED) is 0.177. The second-order valence-electron chi connectivity index (χ2n) is 17.1. The van der Waals surface area contributed by atoms with Gasteiger partial charge in [0.25, 0.3) is 0 Å². The summed E-state index contributed by atoms with van der Waals surface area (Å²) in [5.41, 5.74) is 8.55. The van der Waals surface area contributed by atoms with Crippen molar-refractivity contribution in [1.29, 1.82) is 0 Å². The van der Waals surface area contributed by atoms with E-state index in [0.29, 0.717) is 17.6 Å². The largest absolute Gasteiger partial charge is 0.455 e. The third kappa shape index (κ3) is 5.03. The predicted molar refractivity (Wildman–Crippen MR) is 275 cm³/mol. The van der Waals surface area contributed by atoms with Gasteiger partial charge >= 0.3 is 0 Å². The smallest absolute Gasteiger partial charge is 0.238 e. The number of aromatic nitrogens is 5. The summed E-state index contributed by atoms with van der Waals surface area (Å²) in [4.78, 5) is 16.2. The van der Waals surface area contributed by atoms with Crippen molar-refractivity contribution in [3.05, 3.63) is 200 Å². The van der Waals surface area contributed by atoms with E-state index in [2.05, 4.69) is 203 Å². The van der Waals surface area contributed by atoms with Crippen LogP contribution in [0.25, 0.3) is 142 Å². The zero-order valence-corrected chi connectivity index (χ0v) is 35.9. The van der Waals surface area contributed by atoms with E-state index in [-0.39, 0.29) is 0 Å². The summed E-state index contributed by atoms with van der Waals surface area (Å²) in [7, 11) is 0. The molecule has 15 rings (SSSR count). The highest BCUT2D eigenvalue weighted by molar-refractivity contribution is 7.25. The van der Waals surface area contributed by atoms with Gasteiger partial charge in [-0.1, -0.05) is 127 Å². The maximum atomic E-state index is 7.03. The molecule has 0 spiro atoms. The van der Waals surface area contributed by atoms with Crippen LogP contribution in [0.15, 0.2) is 205 Å². The molecule has 306 valence electrons. The lowest BCUT2D eigenvalue weighted by Crippen LogP contribution is -2.06. The average molecular weight is 860 g/mol. The van der Waals surface area contributed by atoms with E-state index in [1.165, 1.54) is 52.5 Å². The van der Waals surface area contributed by atoms with Gasteiger partial charge in [-0.3, -0.25) is 4.57 Å².